The first-order valence-corrected chi connectivity index (χ1v) is 17.3. The Hall–Kier alpha value is -5.04. The van der Waals surface area contributed by atoms with Gasteiger partial charge in [0.15, 0.2) is 5.82 Å². The van der Waals surface area contributed by atoms with Gasteiger partial charge in [-0.2, -0.15) is 5.10 Å². The predicted octanol–water partition coefficient (Wildman–Crippen LogP) is 4.68. The first-order chi connectivity index (χ1) is 24.2. The molecular formula is C38H44N8O4. The SMILES string of the molecule is Cc1c(N2CCOCC2)cc(C(=O)Nc2ccc(-c3cc(C4CCN(C(O)C(C)C)CC4)n4ncnc(N)c34)cc2)c(=O)n1-c1ccccc1. The third-order valence-corrected chi connectivity index (χ3v) is 10.0. The Labute approximate surface area is 291 Å². The number of para-hydroxylation sites is 1. The lowest BCUT2D eigenvalue weighted by molar-refractivity contribution is -0.0419. The molecule has 2 saturated heterocycles. The molecule has 0 aliphatic carbocycles. The van der Waals surface area contributed by atoms with Gasteiger partial charge in [-0.05, 0) is 67.6 Å². The molecule has 0 bridgehead atoms. The number of carbonyl (C=O) groups excluding carboxylic acids is 1. The molecule has 4 N–H and O–H groups in total. The number of aliphatic hydroxyl groups excluding tert-OH is 1. The average molecular weight is 677 g/mol. The lowest BCUT2D eigenvalue weighted by atomic mass is 9.92. The van der Waals surface area contributed by atoms with Crippen molar-refractivity contribution in [2.75, 3.05) is 55.3 Å². The molecule has 1 atom stereocenters. The van der Waals surface area contributed by atoms with Crippen LogP contribution in [-0.2, 0) is 4.74 Å². The number of pyridine rings is 1. The summed E-state index contributed by atoms with van der Waals surface area (Å²) in [4.78, 5) is 36.3. The zero-order valence-corrected chi connectivity index (χ0v) is 28.7. The number of nitrogens with two attached hydrogens (primary N) is 1. The van der Waals surface area contributed by atoms with E-state index in [1.54, 1.807) is 10.6 Å². The van der Waals surface area contributed by atoms with Gasteiger partial charge in [-0.15, -0.1) is 0 Å². The number of amides is 1. The van der Waals surface area contributed by atoms with E-state index in [-0.39, 0.29) is 23.0 Å². The summed E-state index contributed by atoms with van der Waals surface area (Å²) >= 11 is 0. The van der Waals surface area contributed by atoms with Crippen molar-refractivity contribution in [3.8, 4) is 16.8 Å². The molecule has 2 fully saturated rings. The fourth-order valence-electron chi connectivity index (χ4n) is 7.28. The smallest absolute Gasteiger partial charge is 0.268 e. The third-order valence-electron chi connectivity index (χ3n) is 10.0. The molecule has 1 unspecified atom stereocenters. The van der Waals surface area contributed by atoms with E-state index in [4.69, 9.17) is 10.5 Å². The van der Waals surface area contributed by atoms with Crippen LogP contribution in [0.3, 0.4) is 0 Å². The number of hydrogen-bond donors (Lipinski definition) is 3. The highest BCUT2D eigenvalue weighted by Crippen LogP contribution is 2.37. The first kappa shape index (κ1) is 33.5. The molecule has 50 heavy (non-hydrogen) atoms. The second kappa shape index (κ2) is 14.1. The van der Waals surface area contributed by atoms with E-state index in [0.717, 1.165) is 59.7 Å². The van der Waals surface area contributed by atoms with E-state index in [0.29, 0.717) is 43.5 Å². The Morgan fingerprint density at radius 1 is 1.00 bits per heavy atom. The number of ether oxygens (including phenoxy) is 1. The molecule has 2 aliphatic rings. The van der Waals surface area contributed by atoms with Crippen LogP contribution in [0.25, 0.3) is 22.3 Å². The molecule has 0 saturated carbocycles. The summed E-state index contributed by atoms with van der Waals surface area (Å²) < 4.78 is 9.07. The molecule has 0 radical (unpaired) electrons. The number of nitrogen functional groups attached to an aromatic ring is 1. The number of aromatic nitrogens is 4. The largest absolute Gasteiger partial charge is 0.382 e. The number of carbonyl (C=O) groups is 1. The van der Waals surface area contributed by atoms with Crippen molar-refractivity contribution >= 4 is 28.6 Å². The quantitative estimate of drug-likeness (QED) is 0.214. The average Bonchev–Trinajstić information content (AvgIpc) is 3.53. The summed E-state index contributed by atoms with van der Waals surface area (Å²) in [6, 6.07) is 20.7. The summed E-state index contributed by atoms with van der Waals surface area (Å²) in [5, 5.41) is 18.1. The van der Waals surface area contributed by atoms with Gasteiger partial charge >= 0.3 is 0 Å². The minimum absolute atomic E-state index is 0.0602. The van der Waals surface area contributed by atoms with Crippen molar-refractivity contribution in [2.24, 2.45) is 5.92 Å². The topological polar surface area (TPSA) is 143 Å². The Morgan fingerprint density at radius 3 is 2.38 bits per heavy atom. The molecule has 3 aromatic heterocycles. The molecule has 260 valence electrons. The van der Waals surface area contributed by atoms with Gasteiger partial charge in [0.2, 0.25) is 0 Å². The van der Waals surface area contributed by atoms with Gasteiger partial charge in [0.05, 0.1) is 18.9 Å². The van der Waals surface area contributed by atoms with Crippen LogP contribution in [0, 0.1) is 12.8 Å². The highest BCUT2D eigenvalue weighted by atomic mass is 16.5. The van der Waals surface area contributed by atoms with Gasteiger partial charge in [-0.25, -0.2) is 9.50 Å². The fraction of sp³-hybridized carbons (Fsp3) is 0.368. The van der Waals surface area contributed by atoms with Crippen molar-refractivity contribution in [3.05, 3.63) is 100 Å². The van der Waals surface area contributed by atoms with Crippen molar-refractivity contribution in [1.29, 1.82) is 0 Å². The van der Waals surface area contributed by atoms with Crippen LogP contribution < -0.4 is 21.5 Å². The molecule has 12 nitrogen and oxygen atoms in total. The molecule has 12 heteroatoms. The van der Waals surface area contributed by atoms with E-state index >= 15 is 0 Å². The van der Waals surface area contributed by atoms with Gasteiger partial charge in [0.25, 0.3) is 11.5 Å². The van der Waals surface area contributed by atoms with E-state index in [1.165, 1.54) is 6.33 Å². The predicted molar refractivity (Wildman–Crippen MR) is 195 cm³/mol. The Bertz CT molecular complexity index is 2040. The maximum atomic E-state index is 13.9. The van der Waals surface area contributed by atoms with Crippen molar-refractivity contribution in [3.63, 3.8) is 0 Å². The Morgan fingerprint density at radius 2 is 1.70 bits per heavy atom. The van der Waals surface area contributed by atoms with E-state index in [9.17, 15) is 14.7 Å². The number of rotatable bonds is 8. The zero-order valence-electron chi connectivity index (χ0n) is 28.7. The Balaban J connectivity index is 1.17. The summed E-state index contributed by atoms with van der Waals surface area (Å²) in [6.45, 7) is 10.1. The lowest BCUT2D eigenvalue weighted by Crippen LogP contribution is -2.43. The number of benzene rings is 2. The van der Waals surface area contributed by atoms with Crippen molar-refractivity contribution in [2.45, 2.75) is 45.8 Å². The summed E-state index contributed by atoms with van der Waals surface area (Å²) in [5.74, 6) is 0.322. The van der Waals surface area contributed by atoms with Crippen molar-refractivity contribution < 1.29 is 14.6 Å². The number of hydrogen-bond acceptors (Lipinski definition) is 9. The van der Waals surface area contributed by atoms with Gasteiger partial charge in [0.1, 0.15) is 23.6 Å². The molecule has 7 rings (SSSR count). The minimum Gasteiger partial charge on any atom is -0.382 e. The summed E-state index contributed by atoms with van der Waals surface area (Å²) in [5.41, 5.74) is 12.6. The number of anilines is 3. The standard InChI is InChI=1S/C38H44N8O4/c1-24(2)37(48)44-15-13-27(14-16-44)33-21-30(34-35(39)40-23-41-46(33)34)26-9-11-28(12-10-26)42-36(47)31-22-32(43-17-19-50-20-18-43)25(3)45(38(31)49)29-7-5-4-6-8-29/h4-12,21-24,27,37,48H,13-20H2,1-3H3,(H,42,47)(H2,39,40,41). The van der Waals surface area contributed by atoms with Crippen LogP contribution in [0.5, 0.6) is 0 Å². The highest BCUT2D eigenvalue weighted by Gasteiger charge is 2.29. The molecular weight excluding hydrogens is 632 g/mol. The number of piperidine rings is 1. The Kier molecular flexibility index (Phi) is 9.41. The molecule has 2 aromatic carbocycles. The lowest BCUT2D eigenvalue weighted by Gasteiger charge is -2.36. The normalized spacial score (nSPS) is 16.6. The van der Waals surface area contributed by atoms with E-state index < -0.39 is 12.1 Å². The summed E-state index contributed by atoms with van der Waals surface area (Å²) in [7, 11) is 0. The number of likely N-dealkylation sites (tertiary alicyclic amines) is 1. The van der Waals surface area contributed by atoms with Gasteiger partial charge in [0, 0.05) is 60.4 Å². The third kappa shape index (κ3) is 6.37. The first-order valence-electron chi connectivity index (χ1n) is 17.3. The molecule has 0 spiro atoms. The molecule has 5 aromatic rings. The van der Waals surface area contributed by atoms with E-state index in [2.05, 4.69) is 31.3 Å². The van der Waals surface area contributed by atoms with E-state index in [1.807, 2.05) is 79.9 Å². The monoisotopic (exact) mass is 676 g/mol. The van der Waals surface area contributed by atoms with Gasteiger partial charge in [-0.3, -0.25) is 19.1 Å². The number of nitrogens with zero attached hydrogens (tertiary/aromatic N) is 6. The number of morpholine rings is 1. The minimum atomic E-state index is -0.481. The summed E-state index contributed by atoms with van der Waals surface area (Å²) in [6.07, 6.45) is 2.81. The zero-order chi connectivity index (χ0) is 34.9. The maximum absolute atomic E-state index is 13.9. The van der Waals surface area contributed by atoms with Gasteiger partial charge < -0.3 is 25.8 Å². The highest BCUT2D eigenvalue weighted by molar-refractivity contribution is 6.05. The second-order valence-electron chi connectivity index (χ2n) is 13.5. The molecule has 5 heterocycles. The van der Waals surface area contributed by atoms with Gasteiger partial charge in [-0.1, -0.05) is 44.2 Å². The van der Waals surface area contributed by atoms with Crippen LogP contribution in [0.4, 0.5) is 17.2 Å². The number of nitrogens with one attached hydrogen (secondary N) is 1. The number of aliphatic hydroxyl groups is 1. The van der Waals surface area contributed by atoms with Crippen LogP contribution in [0.15, 0.2) is 77.9 Å². The maximum Gasteiger partial charge on any atom is 0.268 e. The number of fused-ring (bicyclic) bond motifs is 1. The molecule has 2 aliphatic heterocycles. The van der Waals surface area contributed by atoms with Crippen LogP contribution in [0.2, 0.25) is 0 Å². The molecule has 1 amide bonds. The van der Waals surface area contributed by atoms with Crippen molar-refractivity contribution in [1.82, 2.24) is 24.1 Å². The van der Waals surface area contributed by atoms with Crippen LogP contribution in [0.1, 0.15) is 54.4 Å². The van der Waals surface area contributed by atoms with Crippen LogP contribution >= 0.6 is 0 Å². The van der Waals surface area contributed by atoms with Crippen LogP contribution in [-0.4, -0.2) is 80.7 Å². The fourth-order valence-corrected chi connectivity index (χ4v) is 7.28. The second-order valence-corrected chi connectivity index (χ2v) is 13.5.